The smallest absolute Gasteiger partial charge is 0.133 e. The summed E-state index contributed by atoms with van der Waals surface area (Å²) in [5.41, 5.74) is 0.167. The number of Topliss-reactive ketones (excluding diaryl/α,β-unsaturated/α-hetero) is 1. The summed E-state index contributed by atoms with van der Waals surface area (Å²) in [5.74, 6) is 0.439. The van der Waals surface area contributed by atoms with Crippen molar-refractivity contribution in [2.24, 2.45) is 5.41 Å². The van der Waals surface area contributed by atoms with Crippen molar-refractivity contribution in [2.45, 2.75) is 72.6 Å². The SMILES string of the molecule is CCCCCCCC(=O)CC(C)(C)C. The lowest BCUT2D eigenvalue weighted by atomic mass is 9.88. The third-order valence-electron chi connectivity index (χ3n) is 2.29. The van der Waals surface area contributed by atoms with Gasteiger partial charge in [0.2, 0.25) is 0 Å². The van der Waals surface area contributed by atoms with E-state index in [0.29, 0.717) is 5.78 Å². The van der Waals surface area contributed by atoms with Crippen molar-refractivity contribution in [3.63, 3.8) is 0 Å². The summed E-state index contributed by atoms with van der Waals surface area (Å²) in [5, 5.41) is 0. The molecule has 0 aromatic carbocycles. The molecule has 0 saturated heterocycles. The Morgan fingerprint density at radius 3 is 2.07 bits per heavy atom. The predicted octanol–water partition coefficient (Wildman–Crippen LogP) is 4.35. The molecule has 14 heavy (non-hydrogen) atoms. The minimum absolute atomic E-state index is 0.167. The first-order chi connectivity index (χ1) is 6.45. The summed E-state index contributed by atoms with van der Waals surface area (Å²) in [6.07, 6.45) is 7.73. The molecular weight excluding hydrogens is 172 g/mol. The standard InChI is InChI=1S/C13H26O/c1-5-6-7-8-9-10-12(14)11-13(2,3)4/h5-11H2,1-4H3. The van der Waals surface area contributed by atoms with Gasteiger partial charge in [0.25, 0.3) is 0 Å². The van der Waals surface area contributed by atoms with E-state index in [4.69, 9.17) is 0 Å². The Morgan fingerprint density at radius 1 is 1.00 bits per heavy atom. The maximum absolute atomic E-state index is 11.5. The molecule has 0 spiro atoms. The topological polar surface area (TPSA) is 17.1 Å². The van der Waals surface area contributed by atoms with Crippen LogP contribution < -0.4 is 0 Å². The predicted molar refractivity (Wildman–Crippen MR) is 62.5 cm³/mol. The van der Waals surface area contributed by atoms with Crippen LogP contribution in [0.25, 0.3) is 0 Å². The van der Waals surface area contributed by atoms with Gasteiger partial charge in [0.1, 0.15) is 5.78 Å². The van der Waals surface area contributed by atoms with Crippen LogP contribution in [0.4, 0.5) is 0 Å². The van der Waals surface area contributed by atoms with E-state index < -0.39 is 0 Å². The van der Waals surface area contributed by atoms with Gasteiger partial charge in [-0.3, -0.25) is 4.79 Å². The van der Waals surface area contributed by atoms with E-state index in [0.717, 1.165) is 19.3 Å². The van der Waals surface area contributed by atoms with Crippen molar-refractivity contribution in [3.05, 3.63) is 0 Å². The maximum Gasteiger partial charge on any atom is 0.133 e. The normalized spacial score (nSPS) is 11.7. The van der Waals surface area contributed by atoms with Crippen molar-refractivity contribution in [1.29, 1.82) is 0 Å². The molecule has 0 heterocycles. The van der Waals surface area contributed by atoms with Gasteiger partial charge in [-0.15, -0.1) is 0 Å². The second-order valence-electron chi connectivity index (χ2n) is 5.44. The molecule has 1 nitrogen and oxygen atoms in total. The van der Waals surface area contributed by atoms with Gasteiger partial charge in [0.15, 0.2) is 0 Å². The van der Waals surface area contributed by atoms with Crippen LogP contribution in [0.3, 0.4) is 0 Å². The second-order valence-corrected chi connectivity index (χ2v) is 5.44. The summed E-state index contributed by atoms with van der Waals surface area (Å²) in [6, 6.07) is 0. The minimum atomic E-state index is 0.167. The Labute approximate surface area is 89.3 Å². The Kier molecular flexibility index (Phi) is 6.86. The fraction of sp³-hybridized carbons (Fsp3) is 0.923. The van der Waals surface area contributed by atoms with Gasteiger partial charge in [0.05, 0.1) is 0 Å². The molecule has 0 N–H and O–H groups in total. The van der Waals surface area contributed by atoms with Gasteiger partial charge in [-0.05, 0) is 11.8 Å². The first kappa shape index (κ1) is 13.7. The van der Waals surface area contributed by atoms with Crippen LogP contribution >= 0.6 is 0 Å². The molecule has 0 atom stereocenters. The zero-order valence-corrected chi connectivity index (χ0v) is 10.4. The molecule has 0 aliphatic rings. The van der Waals surface area contributed by atoms with Crippen LogP contribution in [-0.4, -0.2) is 5.78 Å². The highest BCUT2D eigenvalue weighted by atomic mass is 16.1. The molecule has 84 valence electrons. The van der Waals surface area contributed by atoms with Crippen LogP contribution in [0.5, 0.6) is 0 Å². The van der Waals surface area contributed by atoms with Crippen molar-refractivity contribution in [1.82, 2.24) is 0 Å². The molecule has 0 saturated carbocycles. The number of carbonyl (C=O) groups excluding carboxylic acids is 1. The Bertz CT molecular complexity index is 153. The minimum Gasteiger partial charge on any atom is -0.300 e. The van der Waals surface area contributed by atoms with E-state index in [1.165, 1.54) is 25.7 Å². The highest BCUT2D eigenvalue weighted by Gasteiger charge is 2.14. The Hall–Kier alpha value is -0.330. The molecule has 0 bridgehead atoms. The van der Waals surface area contributed by atoms with Crippen LogP contribution in [0, 0.1) is 5.41 Å². The highest BCUT2D eigenvalue weighted by molar-refractivity contribution is 5.78. The second kappa shape index (κ2) is 7.03. The number of unbranched alkanes of at least 4 members (excludes halogenated alkanes) is 4. The van der Waals surface area contributed by atoms with Crippen LogP contribution in [0.15, 0.2) is 0 Å². The van der Waals surface area contributed by atoms with Gasteiger partial charge in [-0.1, -0.05) is 53.4 Å². The Morgan fingerprint density at radius 2 is 1.57 bits per heavy atom. The molecule has 0 aromatic rings. The van der Waals surface area contributed by atoms with Gasteiger partial charge < -0.3 is 0 Å². The molecule has 0 unspecified atom stereocenters. The van der Waals surface area contributed by atoms with Gasteiger partial charge in [0, 0.05) is 12.8 Å². The number of hydrogen-bond donors (Lipinski definition) is 0. The number of rotatable bonds is 7. The molecule has 0 aliphatic carbocycles. The van der Waals surface area contributed by atoms with Crippen LogP contribution in [0.1, 0.15) is 72.6 Å². The van der Waals surface area contributed by atoms with E-state index in [9.17, 15) is 4.79 Å². The highest BCUT2D eigenvalue weighted by Crippen LogP contribution is 2.20. The third-order valence-corrected chi connectivity index (χ3v) is 2.29. The van der Waals surface area contributed by atoms with Crippen molar-refractivity contribution in [2.75, 3.05) is 0 Å². The molecule has 0 amide bonds. The fourth-order valence-corrected chi connectivity index (χ4v) is 1.61. The number of hydrogen-bond acceptors (Lipinski definition) is 1. The quantitative estimate of drug-likeness (QED) is 0.556. The summed E-state index contributed by atoms with van der Waals surface area (Å²) in [4.78, 5) is 11.5. The number of carbonyl (C=O) groups is 1. The Balaban J connectivity index is 3.36. The molecule has 0 fully saturated rings. The fourth-order valence-electron chi connectivity index (χ4n) is 1.61. The van der Waals surface area contributed by atoms with E-state index in [1.807, 2.05) is 0 Å². The van der Waals surface area contributed by atoms with Crippen molar-refractivity contribution in [3.8, 4) is 0 Å². The summed E-state index contributed by atoms with van der Waals surface area (Å²) < 4.78 is 0. The summed E-state index contributed by atoms with van der Waals surface area (Å²) in [6.45, 7) is 8.59. The van der Waals surface area contributed by atoms with Gasteiger partial charge in [-0.2, -0.15) is 0 Å². The van der Waals surface area contributed by atoms with Crippen LogP contribution in [0.2, 0.25) is 0 Å². The number of ketones is 1. The molecule has 0 aliphatic heterocycles. The average molecular weight is 198 g/mol. The van der Waals surface area contributed by atoms with E-state index in [-0.39, 0.29) is 5.41 Å². The summed E-state index contributed by atoms with van der Waals surface area (Å²) >= 11 is 0. The summed E-state index contributed by atoms with van der Waals surface area (Å²) in [7, 11) is 0. The lowest BCUT2D eigenvalue weighted by Crippen LogP contribution is -2.12. The van der Waals surface area contributed by atoms with E-state index >= 15 is 0 Å². The zero-order chi connectivity index (χ0) is 11.0. The first-order valence-corrected chi connectivity index (χ1v) is 5.97. The van der Waals surface area contributed by atoms with Gasteiger partial charge >= 0.3 is 0 Å². The molecule has 1 heteroatoms. The first-order valence-electron chi connectivity index (χ1n) is 5.97. The molecule has 0 rings (SSSR count). The zero-order valence-electron chi connectivity index (χ0n) is 10.4. The average Bonchev–Trinajstić information content (AvgIpc) is 2.00. The molecule has 0 aromatic heterocycles. The van der Waals surface area contributed by atoms with Crippen molar-refractivity contribution < 1.29 is 4.79 Å². The van der Waals surface area contributed by atoms with E-state index in [1.54, 1.807) is 0 Å². The molecular formula is C13H26O. The van der Waals surface area contributed by atoms with E-state index in [2.05, 4.69) is 27.7 Å². The lowest BCUT2D eigenvalue weighted by Gasteiger charge is -2.16. The largest absolute Gasteiger partial charge is 0.300 e. The maximum atomic E-state index is 11.5. The lowest BCUT2D eigenvalue weighted by molar-refractivity contribution is -0.120. The van der Waals surface area contributed by atoms with Crippen molar-refractivity contribution >= 4 is 5.78 Å². The van der Waals surface area contributed by atoms with Gasteiger partial charge in [-0.25, -0.2) is 0 Å². The van der Waals surface area contributed by atoms with Crippen LogP contribution in [-0.2, 0) is 4.79 Å². The monoisotopic (exact) mass is 198 g/mol. The molecule has 0 radical (unpaired) electrons. The third kappa shape index (κ3) is 9.76.